The molecule has 1 aliphatic rings. The Hall–Kier alpha value is -1.56. The molecule has 1 amide bonds. The fraction of sp³-hybridized carbons (Fsp3) is 0.643. The largest absolute Gasteiger partial charge is 0.444 e. The highest BCUT2D eigenvalue weighted by Crippen LogP contribution is 2.24. The van der Waals surface area contributed by atoms with E-state index >= 15 is 0 Å². The lowest BCUT2D eigenvalue weighted by atomic mass is 10.2. The molecule has 116 valence electrons. The van der Waals surface area contributed by atoms with Crippen LogP contribution in [0.15, 0.2) is 12.4 Å². The molecular weight excluding hydrogens is 292 g/mol. The average molecular weight is 313 g/mol. The van der Waals surface area contributed by atoms with Gasteiger partial charge in [0.1, 0.15) is 5.60 Å². The van der Waals surface area contributed by atoms with Crippen molar-refractivity contribution in [3.63, 3.8) is 0 Å². The van der Waals surface area contributed by atoms with E-state index in [1.54, 1.807) is 17.3 Å². The van der Waals surface area contributed by atoms with Crippen LogP contribution >= 0.6 is 11.6 Å². The molecule has 2 heterocycles. The van der Waals surface area contributed by atoms with Crippen LogP contribution in [0.1, 0.15) is 27.7 Å². The van der Waals surface area contributed by atoms with Gasteiger partial charge in [0.05, 0.1) is 0 Å². The lowest BCUT2D eigenvalue weighted by molar-refractivity contribution is 0.0218. The van der Waals surface area contributed by atoms with Gasteiger partial charge < -0.3 is 14.5 Å². The number of rotatable bonds is 1. The number of ether oxygens (including phenoxy) is 1. The molecule has 1 aromatic heterocycles. The lowest BCUT2D eigenvalue weighted by Gasteiger charge is -2.40. The van der Waals surface area contributed by atoms with E-state index in [1.165, 1.54) is 0 Å². The molecule has 0 aromatic carbocycles. The van der Waals surface area contributed by atoms with Crippen molar-refractivity contribution in [3.05, 3.63) is 17.5 Å². The van der Waals surface area contributed by atoms with Gasteiger partial charge in [-0.05, 0) is 27.7 Å². The molecule has 0 spiro atoms. The van der Waals surface area contributed by atoms with Crippen molar-refractivity contribution < 1.29 is 9.53 Å². The minimum absolute atomic E-state index is 0.0977. The number of aromatic nitrogens is 2. The fourth-order valence-electron chi connectivity index (χ4n) is 2.27. The minimum atomic E-state index is -0.480. The van der Waals surface area contributed by atoms with Crippen molar-refractivity contribution in [2.75, 3.05) is 24.5 Å². The summed E-state index contributed by atoms with van der Waals surface area (Å²) in [5.41, 5.74) is -0.480. The van der Waals surface area contributed by atoms with Gasteiger partial charge in [0, 0.05) is 38.1 Å². The Morgan fingerprint density at radius 3 is 2.57 bits per heavy atom. The van der Waals surface area contributed by atoms with Gasteiger partial charge in [-0.3, -0.25) is 0 Å². The highest BCUT2D eigenvalue weighted by atomic mass is 35.5. The summed E-state index contributed by atoms with van der Waals surface area (Å²) in [6.45, 7) is 9.42. The first-order valence-electron chi connectivity index (χ1n) is 6.99. The van der Waals surface area contributed by atoms with Gasteiger partial charge in [-0.2, -0.15) is 0 Å². The monoisotopic (exact) mass is 312 g/mol. The van der Waals surface area contributed by atoms with Gasteiger partial charge in [0.25, 0.3) is 0 Å². The molecule has 0 saturated carbocycles. The molecule has 0 unspecified atom stereocenters. The van der Waals surface area contributed by atoms with E-state index in [-0.39, 0.29) is 12.1 Å². The highest BCUT2D eigenvalue weighted by molar-refractivity contribution is 6.31. The third-order valence-corrected chi connectivity index (χ3v) is 3.45. The Kier molecular flexibility index (Phi) is 4.56. The molecule has 0 N–H and O–H groups in total. The molecule has 0 radical (unpaired) electrons. The van der Waals surface area contributed by atoms with E-state index < -0.39 is 5.60 Å². The van der Waals surface area contributed by atoms with Gasteiger partial charge in [-0.15, -0.1) is 0 Å². The summed E-state index contributed by atoms with van der Waals surface area (Å²) in [5.74, 6) is 0.663. The van der Waals surface area contributed by atoms with Crippen LogP contribution in [0.3, 0.4) is 0 Å². The van der Waals surface area contributed by atoms with E-state index in [1.807, 2.05) is 27.7 Å². The molecule has 1 aliphatic heterocycles. The summed E-state index contributed by atoms with van der Waals surface area (Å²) < 4.78 is 5.40. The number of carbonyl (C=O) groups excluding carboxylic acids is 1. The Morgan fingerprint density at radius 1 is 1.33 bits per heavy atom. The predicted molar refractivity (Wildman–Crippen MR) is 81.7 cm³/mol. The molecule has 7 heteroatoms. The second-order valence-electron chi connectivity index (χ2n) is 6.14. The van der Waals surface area contributed by atoms with Crippen LogP contribution in [-0.4, -0.2) is 52.2 Å². The number of anilines is 1. The molecule has 1 aromatic rings. The molecule has 6 nitrogen and oxygen atoms in total. The first-order valence-corrected chi connectivity index (χ1v) is 7.37. The molecule has 1 atom stereocenters. The first-order chi connectivity index (χ1) is 9.78. The van der Waals surface area contributed by atoms with Crippen molar-refractivity contribution >= 4 is 23.5 Å². The standard InChI is InChI=1S/C14H21ClN4O2/c1-10-9-18(13(20)21-14(2,3)4)7-8-19(10)12-11(15)16-5-6-17-12/h5-6,10H,7-9H2,1-4H3/t10-/m0/s1. The summed E-state index contributed by atoms with van der Waals surface area (Å²) in [4.78, 5) is 24.2. The number of amides is 1. The van der Waals surface area contributed by atoms with E-state index in [4.69, 9.17) is 16.3 Å². The molecule has 21 heavy (non-hydrogen) atoms. The summed E-state index contributed by atoms with van der Waals surface area (Å²) in [5, 5.41) is 0.384. The second-order valence-corrected chi connectivity index (χ2v) is 6.50. The maximum absolute atomic E-state index is 12.1. The van der Waals surface area contributed by atoms with Crippen LogP contribution in [0.25, 0.3) is 0 Å². The van der Waals surface area contributed by atoms with E-state index in [0.29, 0.717) is 30.6 Å². The Labute approximate surface area is 130 Å². The zero-order valence-corrected chi connectivity index (χ0v) is 13.6. The van der Waals surface area contributed by atoms with Crippen molar-refractivity contribution in [1.82, 2.24) is 14.9 Å². The highest BCUT2D eigenvalue weighted by Gasteiger charge is 2.31. The maximum atomic E-state index is 12.1. The summed E-state index contributed by atoms with van der Waals surface area (Å²) >= 11 is 6.09. The number of hydrogen-bond donors (Lipinski definition) is 0. The number of carbonyl (C=O) groups is 1. The zero-order valence-electron chi connectivity index (χ0n) is 12.8. The molecule has 0 aliphatic carbocycles. The maximum Gasteiger partial charge on any atom is 0.410 e. The smallest absolute Gasteiger partial charge is 0.410 e. The Morgan fingerprint density at radius 2 is 2.00 bits per heavy atom. The van der Waals surface area contributed by atoms with E-state index in [2.05, 4.69) is 14.9 Å². The molecule has 0 bridgehead atoms. The van der Waals surface area contributed by atoms with E-state index in [0.717, 1.165) is 0 Å². The third kappa shape index (κ3) is 3.97. The fourth-order valence-corrected chi connectivity index (χ4v) is 2.48. The molecule has 2 rings (SSSR count). The quantitative estimate of drug-likeness (QED) is 0.797. The molecule has 1 fully saturated rings. The third-order valence-electron chi connectivity index (χ3n) is 3.19. The van der Waals surface area contributed by atoms with E-state index in [9.17, 15) is 4.79 Å². The van der Waals surface area contributed by atoms with Crippen molar-refractivity contribution in [2.45, 2.75) is 39.3 Å². The SMILES string of the molecule is C[C@H]1CN(C(=O)OC(C)(C)C)CCN1c1nccnc1Cl. The van der Waals surface area contributed by atoms with Crippen LogP contribution in [0.2, 0.25) is 5.15 Å². The number of hydrogen-bond acceptors (Lipinski definition) is 5. The van der Waals surface area contributed by atoms with Gasteiger partial charge in [0.2, 0.25) is 0 Å². The normalized spacial score (nSPS) is 19.6. The van der Waals surface area contributed by atoms with Gasteiger partial charge in [-0.1, -0.05) is 11.6 Å². The van der Waals surface area contributed by atoms with Gasteiger partial charge >= 0.3 is 6.09 Å². The predicted octanol–water partition coefficient (Wildman–Crippen LogP) is 2.58. The van der Waals surface area contributed by atoms with Gasteiger partial charge in [0.15, 0.2) is 11.0 Å². The first kappa shape index (κ1) is 15.8. The van der Waals surface area contributed by atoms with Crippen LogP contribution < -0.4 is 4.90 Å². The zero-order chi connectivity index (χ0) is 15.6. The number of halogens is 1. The second kappa shape index (κ2) is 6.05. The number of piperazine rings is 1. The molecule has 1 saturated heterocycles. The Balaban J connectivity index is 2.03. The topological polar surface area (TPSA) is 58.6 Å². The summed E-state index contributed by atoms with van der Waals surface area (Å²) in [6.07, 6.45) is 2.90. The summed E-state index contributed by atoms with van der Waals surface area (Å²) in [7, 11) is 0. The summed E-state index contributed by atoms with van der Waals surface area (Å²) in [6, 6.07) is 0.0977. The average Bonchev–Trinajstić information content (AvgIpc) is 2.38. The van der Waals surface area contributed by atoms with Crippen LogP contribution in [0.5, 0.6) is 0 Å². The lowest BCUT2D eigenvalue weighted by Crippen LogP contribution is -2.55. The minimum Gasteiger partial charge on any atom is -0.444 e. The number of nitrogens with zero attached hydrogens (tertiary/aromatic N) is 4. The Bertz CT molecular complexity index is 518. The van der Waals surface area contributed by atoms with Crippen molar-refractivity contribution in [1.29, 1.82) is 0 Å². The molecular formula is C14H21ClN4O2. The van der Waals surface area contributed by atoms with Crippen molar-refractivity contribution in [3.8, 4) is 0 Å². The van der Waals surface area contributed by atoms with Crippen LogP contribution in [0.4, 0.5) is 10.6 Å². The van der Waals surface area contributed by atoms with Crippen LogP contribution in [0, 0.1) is 0 Å². The van der Waals surface area contributed by atoms with Crippen LogP contribution in [-0.2, 0) is 4.74 Å². The van der Waals surface area contributed by atoms with Gasteiger partial charge in [-0.25, -0.2) is 14.8 Å². The van der Waals surface area contributed by atoms with Crippen molar-refractivity contribution in [2.24, 2.45) is 0 Å².